The van der Waals surface area contributed by atoms with E-state index in [1.807, 2.05) is 6.07 Å². The molecule has 6 rings (SSSR count). The number of pyridine rings is 1. The van der Waals surface area contributed by atoms with E-state index in [9.17, 15) is 4.79 Å². The zero-order valence-electron chi connectivity index (χ0n) is 19.9. The van der Waals surface area contributed by atoms with E-state index in [0.717, 1.165) is 63.0 Å². The van der Waals surface area contributed by atoms with Gasteiger partial charge in [-0.2, -0.15) is 0 Å². The van der Waals surface area contributed by atoms with Gasteiger partial charge in [0.25, 0.3) is 0 Å². The number of rotatable bonds is 6. The fraction of sp³-hybridized carbons (Fsp3) is 0.560. The second kappa shape index (κ2) is 10.8. The number of fused-ring (bicyclic) bond motifs is 3. The van der Waals surface area contributed by atoms with E-state index < -0.39 is 0 Å². The van der Waals surface area contributed by atoms with E-state index in [1.165, 1.54) is 49.3 Å². The smallest absolute Gasteiger partial charge is 0.212 e. The van der Waals surface area contributed by atoms with Crippen molar-refractivity contribution in [1.82, 2.24) is 25.9 Å². The molecule has 3 atom stereocenters. The van der Waals surface area contributed by atoms with Gasteiger partial charge in [-0.3, -0.25) is 9.78 Å². The van der Waals surface area contributed by atoms with Gasteiger partial charge in [-0.1, -0.05) is 6.92 Å². The van der Waals surface area contributed by atoms with Crippen LogP contribution >= 0.6 is 22.7 Å². The molecule has 2 aliphatic heterocycles. The lowest BCUT2D eigenvalue weighted by Crippen LogP contribution is -2.29. The van der Waals surface area contributed by atoms with Crippen molar-refractivity contribution in [2.75, 3.05) is 31.5 Å². The van der Waals surface area contributed by atoms with Crippen LogP contribution in [-0.4, -0.2) is 48.6 Å². The van der Waals surface area contributed by atoms with Gasteiger partial charge in [-0.25, -0.2) is 4.98 Å². The lowest BCUT2D eigenvalue weighted by atomic mass is 10.0. The normalized spacial score (nSPS) is 25.5. The van der Waals surface area contributed by atoms with Gasteiger partial charge >= 0.3 is 0 Å². The highest BCUT2D eigenvalue weighted by Gasteiger charge is 2.36. The molecule has 2 fully saturated rings. The summed E-state index contributed by atoms with van der Waals surface area (Å²) in [5, 5.41) is 15.3. The van der Waals surface area contributed by atoms with Crippen molar-refractivity contribution in [2.45, 2.75) is 51.6 Å². The molecule has 182 valence electrons. The van der Waals surface area contributed by atoms with E-state index in [1.54, 1.807) is 35.1 Å². The Morgan fingerprint density at radius 3 is 2.79 bits per heavy atom. The minimum absolute atomic E-state index is 0.311. The Kier molecular flexibility index (Phi) is 7.55. The number of thiophene rings is 1. The van der Waals surface area contributed by atoms with E-state index in [4.69, 9.17) is 4.98 Å². The van der Waals surface area contributed by atoms with Gasteiger partial charge in [-0.15, -0.1) is 22.7 Å². The fourth-order valence-corrected chi connectivity index (χ4v) is 7.85. The molecule has 0 bridgehead atoms. The molecular weight excluding hydrogens is 464 g/mol. The molecule has 4 N–H and O–H groups in total. The SMILES string of the molecule is CC1NCCc2c1sc(NC=O)c2-c1nc2cnccc2s1.CCCNC1CC2CNCC2C1. The number of nitrogens with zero attached hydrogens (tertiary/aromatic N) is 2. The molecule has 1 aliphatic carbocycles. The highest BCUT2D eigenvalue weighted by atomic mass is 32.1. The molecule has 7 nitrogen and oxygen atoms in total. The van der Waals surface area contributed by atoms with Gasteiger partial charge in [0.05, 0.1) is 10.9 Å². The Labute approximate surface area is 209 Å². The van der Waals surface area contributed by atoms with E-state index in [-0.39, 0.29) is 0 Å². The van der Waals surface area contributed by atoms with Crippen molar-refractivity contribution in [3.05, 3.63) is 28.9 Å². The Bertz CT molecular complexity index is 1080. The largest absolute Gasteiger partial charge is 0.320 e. The molecule has 3 unspecified atom stereocenters. The number of carbonyl (C=O) groups is 1. The molecular formula is C25H34N6OS2. The maximum Gasteiger partial charge on any atom is 0.212 e. The second-order valence-electron chi connectivity index (χ2n) is 9.50. The first-order valence-electron chi connectivity index (χ1n) is 12.4. The number of hydrogen-bond acceptors (Lipinski definition) is 8. The first kappa shape index (κ1) is 23.8. The van der Waals surface area contributed by atoms with Gasteiger partial charge in [0.2, 0.25) is 6.41 Å². The topological polar surface area (TPSA) is 91.0 Å². The quantitative estimate of drug-likeness (QED) is 0.381. The number of carbonyl (C=O) groups excluding carboxylic acids is 1. The predicted octanol–water partition coefficient (Wildman–Crippen LogP) is 4.18. The van der Waals surface area contributed by atoms with Crippen LogP contribution in [0.1, 0.15) is 49.6 Å². The first-order chi connectivity index (χ1) is 16.7. The summed E-state index contributed by atoms with van der Waals surface area (Å²) in [7, 11) is 0. The maximum absolute atomic E-state index is 11.0. The van der Waals surface area contributed by atoms with Crippen LogP contribution < -0.4 is 21.3 Å². The highest BCUT2D eigenvalue weighted by Crippen LogP contribution is 2.46. The summed E-state index contributed by atoms with van der Waals surface area (Å²) in [6.45, 7) is 9.10. The number of amides is 1. The average molecular weight is 499 g/mol. The molecule has 9 heteroatoms. The van der Waals surface area contributed by atoms with Crippen LogP contribution in [0.2, 0.25) is 0 Å². The summed E-state index contributed by atoms with van der Waals surface area (Å²) in [6.07, 6.45) is 9.36. The van der Waals surface area contributed by atoms with Crippen molar-refractivity contribution in [3.63, 3.8) is 0 Å². The maximum atomic E-state index is 11.0. The van der Waals surface area contributed by atoms with Gasteiger partial charge in [0.1, 0.15) is 15.5 Å². The standard InChI is InChI=1S/C15H14N4OS2.C10H20N2/c1-8-13-9(2-5-17-8)12(14(22-13)18-7-20)15-19-10-6-16-4-3-11(10)21-15;1-2-3-12-10-4-8-6-11-7-9(8)5-10/h3-4,6-8,17H,2,5H2,1H3,(H,18,20);8-12H,2-7H2,1H3. The number of nitrogens with one attached hydrogen (secondary N) is 4. The fourth-order valence-electron chi connectivity index (χ4n) is 5.54. The number of aromatic nitrogens is 2. The van der Waals surface area contributed by atoms with Crippen molar-refractivity contribution in [2.24, 2.45) is 11.8 Å². The first-order valence-corrected chi connectivity index (χ1v) is 14.0. The lowest BCUT2D eigenvalue weighted by molar-refractivity contribution is -0.105. The average Bonchev–Trinajstić information content (AvgIpc) is 3.60. The summed E-state index contributed by atoms with van der Waals surface area (Å²) in [6, 6.07) is 3.12. The molecule has 0 aromatic carbocycles. The van der Waals surface area contributed by atoms with Gasteiger partial charge in [0, 0.05) is 28.7 Å². The van der Waals surface area contributed by atoms with E-state index >= 15 is 0 Å². The molecule has 1 amide bonds. The van der Waals surface area contributed by atoms with Gasteiger partial charge in [-0.05, 0) is 82.3 Å². The highest BCUT2D eigenvalue weighted by molar-refractivity contribution is 7.22. The van der Waals surface area contributed by atoms with Crippen LogP contribution in [0.5, 0.6) is 0 Å². The monoisotopic (exact) mass is 498 g/mol. The van der Waals surface area contributed by atoms with E-state index in [2.05, 4.69) is 40.1 Å². The van der Waals surface area contributed by atoms with Crippen LogP contribution in [-0.2, 0) is 11.2 Å². The predicted molar refractivity (Wildman–Crippen MR) is 142 cm³/mol. The third-order valence-corrected chi connectivity index (χ3v) is 9.59. The molecule has 5 heterocycles. The molecule has 1 saturated carbocycles. The summed E-state index contributed by atoms with van der Waals surface area (Å²) in [4.78, 5) is 21.1. The van der Waals surface area contributed by atoms with Crippen LogP contribution in [0.15, 0.2) is 18.5 Å². The van der Waals surface area contributed by atoms with Crippen LogP contribution in [0.25, 0.3) is 20.8 Å². The zero-order valence-corrected chi connectivity index (χ0v) is 21.5. The molecule has 3 aromatic rings. The van der Waals surface area contributed by atoms with Gasteiger partial charge in [0.15, 0.2) is 0 Å². The molecule has 3 aromatic heterocycles. The lowest BCUT2D eigenvalue weighted by Gasteiger charge is -2.20. The van der Waals surface area contributed by atoms with Crippen LogP contribution in [0, 0.1) is 11.8 Å². The Balaban J connectivity index is 0.000000169. The molecule has 3 aliphatic rings. The molecule has 0 spiro atoms. The third-order valence-electron chi connectivity index (χ3n) is 7.19. The van der Waals surface area contributed by atoms with Crippen molar-refractivity contribution < 1.29 is 4.79 Å². The van der Waals surface area contributed by atoms with Crippen LogP contribution in [0.4, 0.5) is 5.00 Å². The Morgan fingerprint density at radius 2 is 2.06 bits per heavy atom. The minimum atomic E-state index is 0.311. The Hall–Kier alpha value is -1.91. The number of anilines is 1. The van der Waals surface area contributed by atoms with Crippen molar-refractivity contribution >= 4 is 44.3 Å². The van der Waals surface area contributed by atoms with Crippen LogP contribution in [0.3, 0.4) is 0 Å². The van der Waals surface area contributed by atoms with Crippen molar-refractivity contribution in [3.8, 4) is 10.6 Å². The minimum Gasteiger partial charge on any atom is -0.320 e. The Morgan fingerprint density at radius 1 is 1.24 bits per heavy atom. The molecule has 1 saturated heterocycles. The summed E-state index contributed by atoms with van der Waals surface area (Å²) in [5.74, 6) is 1.97. The third kappa shape index (κ3) is 4.90. The van der Waals surface area contributed by atoms with Crippen molar-refractivity contribution in [1.29, 1.82) is 0 Å². The summed E-state index contributed by atoms with van der Waals surface area (Å²) in [5.41, 5.74) is 3.30. The van der Waals surface area contributed by atoms with Gasteiger partial charge < -0.3 is 21.3 Å². The second-order valence-corrected chi connectivity index (χ2v) is 11.6. The molecule has 34 heavy (non-hydrogen) atoms. The zero-order chi connectivity index (χ0) is 23.5. The number of hydrogen-bond donors (Lipinski definition) is 4. The number of thiazole rings is 1. The summed E-state index contributed by atoms with van der Waals surface area (Å²) >= 11 is 3.29. The summed E-state index contributed by atoms with van der Waals surface area (Å²) < 4.78 is 1.11. The molecule has 0 radical (unpaired) electrons. The van der Waals surface area contributed by atoms with E-state index in [0.29, 0.717) is 6.04 Å².